The Kier molecular flexibility index (Phi) is 15.5. The third kappa shape index (κ3) is 18.3. The first-order valence-electron chi connectivity index (χ1n) is 4.85. The monoisotopic (exact) mass is 186 g/mol. The standard InChI is InChI=1S/C6H14N2O.C4H8/c1-3-5-6(9)8-7-4-2;1-3-4-2/h7H,3-5H2,1-2H3,(H,8,9);3H,1,4H2,2H3. The maximum absolute atomic E-state index is 10.6. The molecule has 0 bridgehead atoms. The van der Waals surface area contributed by atoms with E-state index in [4.69, 9.17) is 0 Å². The first-order chi connectivity index (χ1) is 6.22. The highest BCUT2D eigenvalue weighted by molar-refractivity contribution is 5.75. The maximum Gasteiger partial charge on any atom is 0.234 e. The molecular formula is C10H22N2O. The van der Waals surface area contributed by atoms with Crippen LogP contribution in [0.4, 0.5) is 0 Å². The van der Waals surface area contributed by atoms with Gasteiger partial charge in [-0.25, -0.2) is 5.43 Å². The van der Waals surface area contributed by atoms with Crippen LogP contribution in [0.1, 0.15) is 40.0 Å². The summed E-state index contributed by atoms with van der Waals surface area (Å²) in [5.41, 5.74) is 5.28. The van der Waals surface area contributed by atoms with Crippen molar-refractivity contribution in [3.8, 4) is 0 Å². The molecule has 0 saturated carbocycles. The number of carbonyl (C=O) groups excluding carboxylic acids is 1. The van der Waals surface area contributed by atoms with Crippen molar-refractivity contribution in [2.45, 2.75) is 40.0 Å². The van der Waals surface area contributed by atoms with Crippen molar-refractivity contribution in [1.82, 2.24) is 10.9 Å². The maximum atomic E-state index is 10.6. The molecule has 0 radical (unpaired) electrons. The van der Waals surface area contributed by atoms with Crippen molar-refractivity contribution >= 4 is 5.91 Å². The van der Waals surface area contributed by atoms with Crippen molar-refractivity contribution in [2.24, 2.45) is 0 Å². The van der Waals surface area contributed by atoms with Gasteiger partial charge in [-0.3, -0.25) is 10.2 Å². The van der Waals surface area contributed by atoms with Crippen molar-refractivity contribution in [1.29, 1.82) is 0 Å². The van der Waals surface area contributed by atoms with Crippen LogP contribution in [0.2, 0.25) is 0 Å². The summed E-state index contributed by atoms with van der Waals surface area (Å²) in [6, 6.07) is 0. The lowest BCUT2D eigenvalue weighted by atomic mass is 10.3. The molecule has 0 aliphatic heterocycles. The van der Waals surface area contributed by atoms with Crippen LogP contribution in [0, 0.1) is 0 Å². The summed E-state index contributed by atoms with van der Waals surface area (Å²) in [5, 5.41) is 0. The van der Waals surface area contributed by atoms with Gasteiger partial charge in [0.15, 0.2) is 0 Å². The SMILES string of the molecule is C=CCC.CCCC(=O)NNCC. The van der Waals surface area contributed by atoms with Crippen molar-refractivity contribution in [3.63, 3.8) is 0 Å². The van der Waals surface area contributed by atoms with E-state index in [2.05, 4.69) is 24.4 Å². The van der Waals surface area contributed by atoms with Gasteiger partial charge in [0.1, 0.15) is 0 Å². The van der Waals surface area contributed by atoms with E-state index in [1.165, 1.54) is 0 Å². The number of hydrogen-bond donors (Lipinski definition) is 2. The van der Waals surface area contributed by atoms with Crippen LogP contribution in [-0.2, 0) is 4.79 Å². The minimum Gasteiger partial charge on any atom is -0.292 e. The summed E-state index contributed by atoms with van der Waals surface area (Å²) in [6.07, 6.45) is 4.46. The highest BCUT2D eigenvalue weighted by Gasteiger charge is 1.93. The molecule has 0 fully saturated rings. The van der Waals surface area contributed by atoms with E-state index in [9.17, 15) is 4.79 Å². The molecule has 0 aromatic heterocycles. The molecule has 0 aromatic carbocycles. The summed E-state index contributed by atoms with van der Waals surface area (Å²) in [6.45, 7) is 10.2. The number of nitrogens with one attached hydrogen (secondary N) is 2. The van der Waals surface area contributed by atoms with Gasteiger partial charge in [0.25, 0.3) is 0 Å². The summed E-state index contributed by atoms with van der Waals surface area (Å²) in [5.74, 6) is 0.0688. The first-order valence-corrected chi connectivity index (χ1v) is 4.85. The molecule has 0 spiro atoms. The van der Waals surface area contributed by atoms with Gasteiger partial charge in [0.2, 0.25) is 5.91 Å². The lowest BCUT2D eigenvalue weighted by molar-refractivity contribution is -0.122. The molecular weight excluding hydrogens is 164 g/mol. The van der Waals surface area contributed by atoms with Crippen LogP contribution < -0.4 is 10.9 Å². The van der Waals surface area contributed by atoms with Crippen molar-refractivity contribution < 1.29 is 4.79 Å². The molecule has 0 unspecified atom stereocenters. The van der Waals surface area contributed by atoms with Gasteiger partial charge in [-0.15, -0.1) is 6.58 Å². The topological polar surface area (TPSA) is 41.1 Å². The lowest BCUT2D eigenvalue weighted by Gasteiger charge is -2.01. The molecule has 0 atom stereocenters. The average Bonchev–Trinajstić information content (AvgIpc) is 2.16. The fourth-order valence-corrected chi connectivity index (χ4v) is 0.477. The highest BCUT2D eigenvalue weighted by atomic mass is 16.2. The van der Waals surface area contributed by atoms with Crippen LogP contribution in [0.5, 0.6) is 0 Å². The Labute approximate surface area is 81.6 Å². The molecule has 3 heteroatoms. The van der Waals surface area contributed by atoms with Gasteiger partial charge in [0.05, 0.1) is 0 Å². The summed E-state index contributed by atoms with van der Waals surface area (Å²) < 4.78 is 0. The lowest BCUT2D eigenvalue weighted by Crippen LogP contribution is -2.36. The van der Waals surface area contributed by atoms with E-state index in [-0.39, 0.29) is 5.91 Å². The van der Waals surface area contributed by atoms with Crippen LogP contribution >= 0.6 is 0 Å². The van der Waals surface area contributed by atoms with Crippen LogP contribution in [0.25, 0.3) is 0 Å². The Balaban J connectivity index is 0. The largest absolute Gasteiger partial charge is 0.292 e. The molecule has 1 amide bonds. The third-order valence-corrected chi connectivity index (χ3v) is 1.17. The van der Waals surface area contributed by atoms with Gasteiger partial charge >= 0.3 is 0 Å². The van der Waals surface area contributed by atoms with Crippen molar-refractivity contribution in [3.05, 3.63) is 12.7 Å². The van der Waals surface area contributed by atoms with E-state index in [1.807, 2.05) is 19.9 Å². The zero-order chi connectivity index (χ0) is 10.5. The van der Waals surface area contributed by atoms with Gasteiger partial charge < -0.3 is 0 Å². The van der Waals surface area contributed by atoms with Crippen LogP contribution in [0.15, 0.2) is 12.7 Å². The van der Waals surface area contributed by atoms with Crippen LogP contribution in [0.3, 0.4) is 0 Å². The quantitative estimate of drug-likeness (QED) is 0.509. The highest BCUT2D eigenvalue weighted by Crippen LogP contribution is 1.82. The molecule has 13 heavy (non-hydrogen) atoms. The second-order valence-electron chi connectivity index (χ2n) is 2.53. The number of hydrogen-bond acceptors (Lipinski definition) is 2. The van der Waals surface area contributed by atoms with Gasteiger partial charge in [-0.05, 0) is 12.8 Å². The fraction of sp³-hybridized carbons (Fsp3) is 0.700. The molecule has 0 rings (SSSR count). The number of rotatable bonds is 5. The minimum atomic E-state index is 0.0688. The second kappa shape index (κ2) is 13.7. The summed E-state index contributed by atoms with van der Waals surface area (Å²) in [4.78, 5) is 10.6. The summed E-state index contributed by atoms with van der Waals surface area (Å²) in [7, 11) is 0. The molecule has 3 nitrogen and oxygen atoms in total. The van der Waals surface area contributed by atoms with Gasteiger partial charge in [-0.2, -0.15) is 0 Å². The van der Waals surface area contributed by atoms with Crippen molar-refractivity contribution in [2.75, 3.05) is 6.54 Å². The van der Waals surface area contributed by atoms with E-state index in [1.54, 1.807) is 0 Å². The Bertz CT molecular complexity index is 124. The minimum absolute atomic E-state index is 0.0688. The zero-order valence-corrected chi connectivity index (χ0v) is 9.02. The Hall–Kier alpha value is -0.830. The molecule has 0 aliphatic rings. The molecule has 0 aromatic rings. The third-order valence-electron chi connectivity index (χ3n) is 1.17. The Morgan fingerprint density at radius 1 is 1.38 bits per heavy atom. The predicted octanol–water partition coefficient (Wildman–Crippen LogP) is 2.01. The first kappa shape index (κ1) is 14.7. The molecule has 0 heterocycles. The van der Waals surface area contributed by atoms with E-state index in [0.29, 0.717) is 6.42 Å². The molecule has 78 valence electrons. The smallest absolute Gasteiger partial charge is 0.234 e. The number of carbonyl (C=O) groups is 1. The summed E-state index contributed by atoms with van der Waals surface area (Å²) >= 11 is 0. The molecule has 2 N–H and O–H groups in total. The van der Waals surface area contributed by atoms with Gasteiger partial charge in [-0.1, -0.05) is 26.8 Å². The normalized spacial score (nSPS) is 8.23. The number of amides is 1. The van der Waals surface area contributed by atoms with Gasteiger partial charge in [0, 0.05) is 13.0 Å². The fourth-order valence-electron chi connectivity index (χ4n) is 0.477. The average molecular weight is 186 g/mol. The molecule has 0 saturated heterocycles. The predicted molar refractivity (Wildman–Crippen MR) is 57.2 cm³/mol. The Morgan fingerprint density at radius 2 is 1.92 bits per heavy atom. The second-order valence-corrected chi connectivity index (χ2v) is 2.53. The number of allylic oxidation sites excluding steroid dienone is 1. The zero-order valence-electron chi connectivity index (χ0n) is 9.02. The van der Waals surface area contributed by atoms with Crippen LogP contribution in [-0.4, -0.2) is 12.5 Å². The van der Waals surface area contributed by atoms with E-state index >= 15 is 0 Å². The van der Waals surface area contributed by atoms with E-state index < -0.39 is 0 Å². The van der Waals surface area contributed by atoms with E-state index in [0.717, 1.165) is 19.4 Å². The Morgan fingerprint density at radius 3 is 2.23 bits per heavy atom. The molecule has 0 aliphatic carbocycles. The number of hydrazine groups is 1.